The smallest absolute Gasteiger partial charge is 0.164 e. The molecule has 1 aromatic heterocycles. The summed E-state index contributed by atoms with van der Waals surface area (Å²) in [5.41, 5.74) is 0.979. The molecule has 0 bridgehead atoms. The Balaban J connectivity index is 2.44. The Morgan fingerprint density at radius 1 is 1.50 bits per heavy atom. The first-order valence-electron chi connectivity index (χ1n) is 4.98. The molecule has 0 amide bonds. The number of nitrogens with zero attached hydrogens (tertiary/aromatic N) is 3. The van der Waals surface area contributed by atoms with Crippen LogP contribution in [0.3, 0.4) is 0 Å². The number of aliphatic hydroxyl groups excluding tert-OH is 1. The molecule has 16 heavy (non-hydrogen) atoms. The highest BCUT2D eigenvalue weighted by Gasteiger charge is 2.11. The first kappa shape index (κ1) is 11.3. The van der Waals surface area contributed by atoms with E-state index < -0.39 is 0 Å². The molecule has 84 valence electrons. The molecule has 0 aliphatic heterocycles. The SMILES string of the molecule is C[C@H](CO)n1cnnc1-c1cccc(Br)c1. The first-order valence-corrected chi connectivity index (χ1v) is 5.78. The standard InChI is InChI=1S/C11H12BrN3O/c1-8(6-16)15-7-13-14-11(15)9-3-2-4-10(12)5-9/h2-5,7-8,16H,6H2,1H3/t8-/m1/s1. The fraction of sp³-hybridized carbons (Fsp3) is 0.273. The number of halogens is 1. The normalized spacial score (nSPS) is 12.7. The maximum Gasteiger partial charge on any atom is 0.164 e. The third-order valence-electron chi connectivity index (χ3n) is 2.39. The Morgan fingerprint density at radius 3 is 3.00 bits per heavy atom. The molecular weight excluding hydrogens is 270 g/mol. The quantitative estimate of drug-likeness (QED) is 0.939. The van der Waals surface area contributed by atoms with Gasteiger partial charge in [0.05, 0.1) is 12.6 Å². The van der Waals surface area contributed by atoms with Crippen LogP contribution in [0.15, 0.2) is 35.1 Å². The van der Waals surface area contributed by atoms with Crippen molar-refractivity contribution in [2.75, 3.05) is 6.61 Å². The van der Waals surface area contributed by atoms with Crippen molar-refractivity contribution < 1.29 is 5.11 Å². The number of hydrogen-bond acceptors (Lipinski definition) is 3. The van der Waals surface area contributed by atoms with E-state index in [1.165, 1.54) is 0 Å². The number of hydrogen-bond donors (Lipinski definition) is 1. The van der Waals surface area contributed by atoms with Crippen molar-refractivity contribution in [2.45, 2.75) is 13.0 Å². The number of aliphatic hydroxyl groups is 1. The molecule has 0 radical (unpaired) electrons. The van der Waals surface area contributed by atoms with Crippen molar-refractivity contribution >= 4 is 15.9 Å². The van der Waals surface area contributed by atoms with E-state index in [0.717, 1.165) is 15.9 Å². The van der Waals surface area contributed by atoms with Crippen LogP contribution >= 0.6 is 15.9 Å². The lowest BCUT2D eigenvalue weighted by atomic mass is 10.2. The Bertz CT molecular complexity index is 484. The summed E-state index contributed by atoms with van der Waals surface area (Å²) in [6, 6.07) is 7.82. The molecule has 0 aliphatic carbocycles. The first-order chi connectivity index (χ1) is 7.72. The molecule has 0 aliphatic rings. The van der Waals surface area contributed by atoms with E-state index in [1.807, 2.05) is 35.8 Å². The predicted molar refractivity (Wildman–Crippen MR) is 65.0 cm³/mol. The Kier molecular flexibility index (Phi) is 3.36. The topological polar surface area (TPSA) is 50.9 Å². The molecular formula is C11H12BrN3O. The Morgan fingerprint density at radius 2 is 2.31 bits per heavy atom. The Labute approximate surface area is 102 Å². The second kappa shape index (κ2) is 4.76. The molecule has 2 rings (SSSR count). The highest BCUT2D eigenvalue weighted by molar-refractivity contribution is 9.10. The molecule has 0 fully saturated rings. The Hall–Kier alpha value is -1.20. The molecule has 1 atom stereocenters. The van der Waals surface area contributed by atoms with Gasteiger partial charge in [0.2, 0.25) is 0 Å². The van der Waals surface area contributed by atoms with Crippen LogP contribution in [0.25, 0.3) is 11.4 Å². The van der Waals surface area contributed by atoms with E-state index in [1.54, 1.807) is 6.33 Å². The van der Waals surface area contributed by atoms with Gasteiger partial charge >= 0.3 is 0 Å². The van der Waals surface area contributed by atoms with Gasteiger partial charge in [0.25, 0.3) is 0 Å². The van der Waals surface area contributed by atoms with E-state index in [2.05, 4.69) is 26.1 Å². The summed E-state index contributed by atoms with van der Waals surface area (Å²) in [7, 11) is 0. The minimum atomic E-state index is -0.0241. The average molecular weight is 282 g/mol. The van der Waals surface area contributed by atoms with Gasteiger partial charge in [0.1, 0.15) is 6.33 Å². The monoisotopic (exact) mass is 281 g/mol. The second-order valence-corrected chi connectivity index (χ2v) is 4.52. The minimum Gasteiger partial charge on any atom is -0.394 e. The molecule has 1 aromatic carbocycles. The van der Waals surface area contributed by atoms with Gasteiger partial charge in [-0.1, -0.05) is 28.1 Å². The van der Waals surface area contributed by atoms with Crippen molar-refractivity contribution in [3.63, 3.8) is 0 Å². The number of rotatable bonds is 3. The van der Waals surface area contributed by atoms with Crippen molar-refractivity contribution in [3.05, 3.63) is 35.1 Å². The summed E-state index contributed by atoms with van der Waals surface area (Å²) >= 11 is 3.42. The van der Waals surface area contributed by atoms with Gasteiger partial charge in [0.15, 0.2) is 5.82 Å². The minimum absolute atomic E-state index is 0.0241. The zero-order chi connectivity index (χ0) is 11.5. The van der Waals surface area contributed by atoms with Gasteiger partial charge in [-0.15, -0.1) is 10.2 Å². The van der Waals surface area contributed by atoms with Gasteiger partial charge in [0, 0.05) is 10.0 Å². The van der Waals surface area contributed by atoms with Crippen molar-refractivity contribution in [1.82, 2.24) is 14.8 Å². The van der Waals surface area contributed by atoms with E-state index in [-0.39, 0.29) is 12.6 Å². The molecule has 5 heteroatoms. The third-order valence-corrected chi connectivity index (χ3v) is 2.89. The molecule has 4 nitrogen and oxygen atoms in total. The summed E-state index contributed by atoms with van der Waals surface area (Å²) in [5.74, 6) is 0.767. The molecule has 1 N–H and O–H groups in total. The van der Waals surface area contributed by atoms with Crippen LogP contribution in [0, 0.1) is 0 Å². The zero-order valence-electron chi connectivity index (χ0n) is 8.84. The van der Waals surface area contributed by atoms with Gasteiger partial charge in [-0.3, -0.25) is 0 Å². The van der Waals surface area contributed by atoms with Crippen LogP contribution in [0.2, 0.25) is 0 Å². The fourth-order valence-corrected chi connectivity index (χ4v) is 1.89. The molecule has 0 unspecified atom stereocenters. The fourth-order valence-electron chi connectivity index (χ4n) is 1.49. The maximum absolute atomic E-state index is 9.15. The van der Waals surface area contributed by atoms with E-state index in [4.69, 9.17) is 5.11 Å². The van der Waals surface area contributed by atoms with Crippen LogP contribution in [-0.4, -0.2) is 26.5 Å². The highest BCUT2D eigenvalue weighted by Crippen LogP contribution is 2.23. The molecule has 0 saturated heterocycles. The van der Waals surface area contributed by atoms with Crippen molar-refractivity contribution in [3.8, 4) is 11.4 Å². The lowest BCUT2D eigenvalue weighted by Crippen LogP contribution is -2.09. The summed E-state index contributed by atoms with van der Waals surface area (Å²) in [6.45, 7) is 1.99. The van der Waals surface area contributed by atoms with Gasteiger partial charge in [-0.25, -0.2) is 0 Å². The summed E-state index contributed by atoms with van der Waals surface area (Å²) < 4.78 is 2.86. The van der Waals surface area contributed by atoms with Crippen LogP contribution in [-0.2, 0) is 0 Å². The lowest BCUT2D eigenvalue weighted by Gasteiger charge is -2.12. The average Bonchev–Trinajstić information content (AvgIpc) is 2.77. The van der Waals surface area contributed by atoms with Crippen LogP contribution < -0.4 is 0 Å². The van der Waals surface area contributed by atoms with Crippen LogP contribution in [0.4, 0.5) is 0 Å². The molecule has 0 spiro atoms. The lowest BCUT2D eigenvalue weighted by molar-refractivity contribution is 0.239. The van der Waals surface area contributed by atoms with Crippen LogP contribution in [0.5, 0.6) is 0 Å². The molecule has 0 saturated carbocycles. The largest absolute Gasteiger partial charge is 0.394 e. The summed E-state index contributed by atoms with van der Waals surface area (Å²) in [4.78, 5) is 0. The van der Waals surface area contributed by atoms with Gasteiger partial charge < -0.3 is 9.67 Å². The van der Waals surface area contributed by atoms with Gasteiger partial charge in [-0.05, 0) is 19.1 Å². The second-order valence-electron chi connectivity index (χ2n) is 3.60. The number of aromatic nitrogens is 3. The van der Waals surface area contributed by atoms with Crippen molar-refractivity contribution in [1.29, 1.82) is 0 Å². The zero-order valence-corrected chi connectivity index (χ0v) is 10.4. The summed E-state index contributed by atoms with van der Waals surface area (Å²) in [6.07, 6.45) is 1.64. The molecule has 2 aromatic rings. The highest BCUT2D eigenvalue weighted by atomic mass is 79.9. The molecule has 1 heterocycles. The van der Waals surface area contributed by atoms with Crippen LogP contribution in [0.1, 0.15) is 13.0 Å². The van der Waals surface area contributed by atoms with Crippen molar-refractivity contribution in [2.24, 2.45) is 0 Å². The van der Waals surface area contributed by atoms with E-state index in [0.29, 0.717) is 0 Å². The summed E-state index contributed by atoms with van der Waals surface area (Å²) in [5, 5.41) is 17.1. The maximum atomic E-state index is 9.15. The predicted octanol–water partition coefficient (Wildman–Crippen LogP) is 2.26. The third kappa shape index (κ3) is 2.15. The van der Waals surface area contributed by atoms with E-state index in [9.17, 15) is 0 Å². The van der Waals surface area contributed by atoms with E-state index >= 15 is 0 Å². The number of benzene rings is 1. The van der Waals surface area contributed by atoms with Gasteiger partial charge in [-0.2, -0.15) is 0 Å².